The Morgan fingerprint density at radius 1 is 1.41 bits per heavy atom. The first-order valence-electron chi connectivity index (χ1n) is 9.03. The Balaban J connectivity index is 1.59. The lowest BCUT2D eigenvalue weighted by molar-refractivity contribution is -0.149. The van der Waals surface area contributed by atoms with Gasteiger partial charge in [-0.2, -0.15) is 0 Å². The number of aliphatic hydroxyl groups is 1. The lowest BCUT2D eigenvalue weighted by Crippen LogP contribution is -2.46. The monoisotopic (exact) mass is 393 g/mol. The third-order valence-electron chi connectivity index (χ3n) is 4.77. The Morgan fingerprint density at radius 3 is 3.00 bits per heavy atom. The standard InChI is InChI=1S/C19H24ClN3O4/c20-15-2-3-18(27-9-1-6-22-8-5-21-13-22)14(10-15)11-23-7-4-17(24)16(12-23)19(25)26/h2-3,5,8,10,13,16-17,24H,1,4,6-7,9,11-12H2,(H,25,26)/t16-,17+/m1/s1. The van der Waals surface area contributed by atoms with Crippen molar-refractivity contribution in [2.75, 3.05) is 19.7 Å². The Bertz CT molecular complexity index is 753. The van der Waals surface area contributed by atoms with Crippen molar-refractivity contribution in [3.05, 3.63) is 47.5 Å². The van der Waals surface area contributed by atoms with E-state index in [1.165, 1.54) is 0 Å². The van der Waals surface area contributed by atoms with Gasteiger partial charge in [-0.3, -0.25) is 9.69 Å². The van der Waals surface area contributed by atoms with Crippen molar-refractivity contribution >= 4 is 17.6 Å². The van der Waals surface area contributed by atoms with Gasteiger partial charge in [0.05, 0.1) is 25.0 Å². The van der Waals surface area contributed by atoms with E-state index in [2.05, 4.69) is 4.98 Å². The van der Waals surface area contributed by atoms with Crippen LogP contribution in [0, 0.1) is 5.92 Å². The van der Waals surface area contributed by atoms with Crippen LogP contribution in [0.1, 0.15) is 18.4 Å². The molecule has 2 heterocycles. The summed E-state index contributed by atoms with van der Waals surface area (Å²) in [5.74, 6) is -0.977. The number of carbonyl (C=O) groups is 1. The van der Waals surface area contributed by atoms with Crippen molar-refractivity contribution in [1.82, 2.24) is 14.5 Å². The maximum absolute atomic E-state index is 11.3. The second kappa shape index (κ2) is 9.21. The number of likely N-dealkylation sites (tertiary alicyclic amines) is 1. The number of carboxylic acids is 1. The molecule has 0 unspecified atom stereocenters. The molecule has 2 atom stereocenters. The summed E-state index contributed by atoms with van der Waals surface area (Å²) in [5, 5.41) is 19.8. The van der Waals surface area contributed by atoms with Crippen molar-refractivity contribution in [3.8, 4) is 5.75 Å². The molecule has 8 heteroatoms. The van der Waals surface area contributed by atoms with Crippen LogP contribution < -0.4 is 4.74 Å². The van der Waals surface area contributed by atoms with Gasteiger partial charge in [0.1, 0.15) is 5.75 Å². The average molecular weight is 394 g/mol. The fourth-order valence-electron chi connectivity index (χ4n) is 3.29. The minimum atomic E-state index is -0.964. The molecule has 1 aliphatic heterocycles. The zero-order chi connectivity index (χ0) is 19.2. The van der Waals surface area contributed by atoms with Gasteiger partial charge in [0, 0.05) is 49.2 Å². The molecule has 0 amide bonds. The van der Waals surface area contributed by atoms with Gasteiger partial charge in [-0.1, -0.05) is 11.6 Å². The predicted molar refractivity (Wildman–Crippen MR) is 101 cm³/mol. The highest BCUT2D eigenvalue weighted by Gasteiger charge is 2.33. The van der Waals surface area contributed by atoms with Gasteiger partial charge in [-0.05, 0) is 31.0 Å². The van der Waals surface area contributed by atoms with E-state index in [4.69, 9.17) is 16.3 Å². The molecule has 1 aromatic carbocycles. The quantitative estimate of drug-likeness (QED) is 0.669. The second-order valence-electron chi connectivity index (χ2n) is 6.79. The highest BCUT2D eigenvalue weighted by molar-refractivity contribution is 6.30. The number of carboxylic acid groups (broad SMARTS) is 1. The number of hydrogen-bond acceptors (Lipinski definition) is 5. The maximum atomic E-state index is 11.3. The molecule has 0 aliphatic carbocycles. The topological polar surface area (TPSA) is 87.8 Å². The van der Waals surface area contributed by atoms with E-state index in [9.17, 15) is 15.0 Å². The van der Waals surface area contributed by atoms with Crippen LogP contribution in [0.3, 0.4) is 0 Å². The SMILES string of the molecule is O=C(O)[C@@H]1CN(Cc2cc(Cl)ccc2OCCCn2ccnc2)CC[C@@H]1O. The first kappa shape index (κ1) is 19.7. The van der Waals surface area contributed by atoms with Gasteiger partial charge in [0.25, 0.3) is 0 Å². The number of halogens is 1. The normalized spacial score (nSPS) is 20.5. The Labute approximate surface area is 163 Å². The van der Waals surface area contributed by atoms with Crippen LogP contribution in [0.15, 0.2) is 36.9 Å². The smallest absolute Gasteiger partial charge is 0.310 e. The van der Waals surface area contributed by atoms with Crippen LogP contribution in [-0.4, -0.2) is 56.4 Å². The molecular formula is C19H24ClN3O4. The highest BCUT2D eigenvalue weighted by Crippen LogP contribution is 2.27. The van der Waals surface area contributed by atoms with E-state index in [0.717, 1.165) is 24.3 Å². The van der Waals surface area contributed by atoms with Crippen LogP contribution in [0.2, 0.25) is 5.02 Å². The van der Waals surface area contributed by atoms with Crippen molar-refractivity contribution in [2.45, 2.75) is 32.0 Å². The molecule has 0 spiro atoms. The number of aliphatic carboxylic acids is 1. The van der Waals surface area contributed by atoms with E-state index in [0.29, 0.717) is 37.7 Å². The minimum absolute atomic E-state index is 0.309. The molecule has 0 radical (unpaired) electrons. The molecule has 2 N–H and O–H groups in total. The number of piperidine rings is 1. The van der Waals surface area contributed by atoms with E-state index < -0.39 is 18.0 Å². The molecule has 2 aromatic rings. The number of benzene rings is 1. The summed E-state index contributed by atoms with van der Waals surface area (Å²) in [7, 11) is 0. The molecular weight excluding hydrogens is 370 g/mol. The van der Waals surface area contributed by atoms with Gasteiger partial charge < -0.3 is 19.5 Å². The van der Waals surface area contributed by atoms with Crippen LogP contribution >= 0.6 is 11.6 Å². The molecule has 1 aromatic heterocycles. The van der Waals surface area contributed by atoms with Gasteiger partial charge in [-0.25, -0.2) is 4.98 Å². The van der Waals surface area contributed by atoms with Crippen LogP contribution in [0.4, 0.5) is 0 Å². The molecule has 1 fully saturated rings. The predicted octanol–water partition coefficient (Wildman–Crippen LogP) is 2.27. The number of aromatic nitrogens is 2. The van der Waals surface area contributed by atoms with Crippen LogP contribution in [0.25, 0.3) is 0 Å². The van der Waals surface area contributed by atoms with E-state index in [1.54, 1.807) is 18.6 Å². The number of nitrogens with zero attached hydrogens (tertiary/aromatic N) is 3. The first-order valence-corrected chi connectivity index (χ1v) is 9.41. The van der Waals surface area contributed by atoms with Crippen LogP contribution in [0.5, 0.6) is 5.75 Å². The van der Waals surface area contributed by atoms with Crippen molar-refractivity contribution in [2.24, 2.45) is 5.92 Å². The number of hydrogen-bond donors (Lipinski definition) is 2. The number of aliphatic hydroxyl groups excluding tert-OH is 1. The van der Waals surface area contributed by atoms with Gasteiger partial charge in [0.15, 0.2) is 0 Å². The summed E-state index contributed by atoms with van der Waals surface area (Å²) in [6, 6.07) is 5.49. The molecule has 3 rings (SSSR count). The second-order valence-corrected chi connectivity index (χ2v) is 7.23. The molecule has 0 saturated carbocycles. The van der Waals surface area contributed by atoms with Crippen molar-refractivity contribution in [3.63, 3.8) is 0 Å². The van der Waals surface area contributed by atoms with E-state index in [1.807, 2.05) is 27.8 Å². The average Bonchev–Trinajstić information content (AvgIpc) is 3.15. The van der Waals surface area contributed by atoms with Crippen molar-refractivity contribution < 1.29 is 19.7 Å². The summed E-state index contributed by atoms with van der Waals surface area (Å²) < 4.78 is 7.94. The van der Waals surface area contributed by atoms with Gasteiger partial charge in [0.2, 0.25) is 0 Å². The Hall–Kier alpha value is -2.09. The number of ether oxygens (including phenoxy) is 1. The highest BCUT2D eigenvalue weighted by atomic mass is 35.5. The lowest BCUT2D eigenvalue weighted by atomic mass is 9.94. The summed E-state index contributed by atoms with van der Waals surface area (Å²) in [6.07, 6.45) is 5.93. The summed E-state index contributed by atoms with van der Waals surface area (Å²) in [6.45, 7) is 2.87. The minimum Gasteiger partial charge on any atom is -0.493 e. The molecule has 27 heavy (non-hydrogen) atoms. The fourth-order valence-corrected chi connectivity index (χ4v) is 3.49. The number of imidazole rings is 1. The number of rotatable bonds is 8. The largest absolute Gasteiger partial charge is 0.493 e. The molecule has 0 bridgehead atoms. The maximum Gasteiger partial charge on any atom is 0.310 e. The molecule has 1 saturated heterocycles. The van der Waals surface area contributed by atoms with Gasteiger partial charge >= 0.3 is 5.97 Å². The fraction of sp³-hybridized carbons (Fsp3) is 0.474. The third-order valence-corrected chi connectivity index (χ3v) is 5.01. The van der Waals surface area contributed by atoms with E-state index >= 15 is 0 Å². The van der Waals surface area contributed by atoms with Crippen molar-refractivity contribution in [1.29, 1.82) is 0 Å². The third kappa shape index (κ3) is 5.45. The zero-order valence-electron chi connectivity index (χ0n) is 15.0. The van der Waals surface area contributed by atoms with E-state index in [-0.39, 0.29) is 0 Å². The lowest BCUT2D eigenvalue weighted by Gasteiger charge is -2.34. The summed E-state index contributed by atoms with van der Waals surface area (Å²) >= 11 is 6.15. The Morgan fingerprint density at radius 2 is 2.26 bits per heavy atom. The number of aryl methyl sites for hydroxylation is 1. The molecule has 7 nitrogen and oxygen atoms in total. The summed E-state index contributed by atoms with van der Waals surface area (Å²) in [4.78, 5) is 17.4. The van der Waals surface area contributed by atoms with Crippen LogP contribution in [-0.2, 0) is 17.9 Å². The zero-order valence-corrected chi connectivity index (χ0v) is 15.8. The molecule has 1 aliphatic rings. The Kier molecular flexibility index (Phi) is 6.71. The summed E-state index contributed by atoms with van der Waals surface area (Å²) in [5.41, 5.74) is 0.922. The first-order chi connectivity index (χ1) is 13.0. The van der Waals surface area contributed by atoms with Gasteiger partial charge in [-0.15, -0.1) is 0 Å². The molecule has 146 valence electrons.